The van der Waals surface area contributed by atoms with Crippen molar-refractivity contribution >= 4 is 39.5 Å². The molecule has 0 aliphatic carbocycles. The first kappa shape index (κ1) is 22.2. The molecule has 2 heterocycles. The predicted molar refractivity (Wildman–Crippen MR) is 120 cm³/mol. The highest BCUT2D eigenvalue weighted by atomic mass is 79.9. The van der Waals surface area contributed by atoms with Gasteiger partial charge in [-0.2, -0.15) is 0 Å². The standard InChI is InChI=1S/C21H22BrN3O4S/c1-23-21(27)17-11-15(7-9-24-17)29-14-5-3-4-13(10-14)6-8-25-20(26)16-12-30-19(22)18(16)28-2/h3-5,7,9-11,16H,6,8,12H2,1-2H3,(H,23,27)(H,25,26). The van der Waals surface area contributed by atoms with E-state index in [-0.39, 0.29) is 23.4 Å². The molecule has 0 radical (unpaired) electrons. The summed E-state index contributed by atoms with van der Waals surface area (Å²) in [5.74, 6) is 1.93. The third kappa shape index (κ3) is 5.54. The number of hydrogen-bond donors (Lipinski definition) is 2. The van der Waals surface area contributed by atoms with Crippen molar-refractivity contribution in [1.29, 1.82) is 0 Å². The van der Waals surface area contributed by atoms with Crippen molar-refractivity contribution in [2.24, 2.45) is 5.92 Å². The topological polar surface area (TPSA) is 89.6 Å². The van der Waals surface area contributed by atoms with Crippen molar-refractivity contribution in [3.8, 4) is 11.5 Å². The summed E-state index contributed by atoms with van der Waals surface area (Å²) in [6.45, 7) is 0.508. The molecule has 0 spiro atoms. The maximum atomic E-state index is 12.4. The molecule has 1 aromatic carbocycles. The molecule has 9 heteroatoms. The third-order valence-corrected chi connectivity index (χ3v) is 6.49. The van der Waals surface area contributed by atoms with Gasteiger partial charge in [-0.05, 0) is 46.1 Å². The molecule has 1 unspecified atom stereocenters. The van der Waals surface area contributed by atoms with E-state index in [0.717, 1.165) is 9.38 Å². The minimum absolute atomic E-state index is 0.0419. The lowest BCUT2D eigenvalue weighted by Gasteiger charge is -2.13. The molecule has 158 valence electrons. The Balaban J connectivity index is 1.56. The van der Waals surface area contributed by atoms with Crippen LogP contribution in [0.4, 0.5) is 0 Å². The quantitative estimate of drug-likeness (QED) is 0.587. The van der Waals surface area contributed by atoms with Crippen molar-refractivity contribution in [1.82, 2.24) is 15.6 Å². The second-order valence-corrected chi connectivity index (χ2v) is 8.80. The van der Waals surface area contributed by atoms with Crippen molar-refractivity contribution in [3.05, 3.63) is 63.4 Å². The van der Waals surface area contributed by atoms with Gasteiger partial charge >= 0.3 is 0 Å². The van der Waals surface area contributed by atoms with Gasteiger partial charge in [-0.3, -0.25) is 14.6 Å². The average Bonchev–Trinajstić information content (AvgIpc) is 3.14. The first-order valence-corrected chi connectivity index (χ1v) is 11.1. The van der Waals surface area contributed by atoms with Crippen LogP contribution < -0.4 is 15.4 Å². The summed E-state index contributed by atoms with van der Waals surface area (Å²) in [7, 11) is 3.13. The molecule has 0 saturated carbocycles. The summed E-state index contributed by atoms with van der Waals surface area (Å²) in [4.78, 5) is 28.2. The highest BCUT2D eigenvalue weighted by Gasteiger charge is 2.32. The maximum Gasteiger partial charge on any atom is 0.269 e. The molecule has 2 N–H and O–H groups in total. The second-order valence-electron chi connectivity index (χ2n) is 6.45. The van der Waals surface area contributed by atoms with Gasteiger partial charge in [0, 0.05) is 31.6 Å². The number of methoxy groups -OCH3 is 1. The van der Waals surface area contributed by atoms with Crippen molar-refractivity contribution in [2.45, 2.75) is 6.42 Å². The molecule has 0 bridgehead atoms. The fourth-order valence-electron chi connectivity index (χ4n) is 2.94. The normalized spacial score (nSPS) is 15.6. The molecule has 2 aromatic rings. The highest BCUT2D eigenvalue weighted by molar-refractivity contribution is 9.14. The summed E-state index contributed by atoms with van der Waals surface area (Å²) in [5, 5.41) is 5.51. The van der Waals surface area contributed by atoms with Crippen LogP contribution in [0.5, 0.6) is 11.5 Å². The van der Waals surface area contributed by atoms with Gasteiger partial charge in [-0.1, -0.05) is 12.1 Å². The lowest BCUT2D eigenvalue weighted by Crippen LogP contribution is -2.33. The predicted octanol–water partition coefficient (Wildman–Crippen LogP) is 3.47. The van der Waals surface area contributed by atoms with Crippen LogP contribution in [0, 0.1) is 5.92 Å². The molecule has 0 fully saturated rings. The largest absolute Gasteiger partial charge is 0.498 e. The Morgan fingerprint density at radius 2 is 2.07 bits per heavy atom. The van der Waals surface area contributed by atoms with E-state index < -0.39 is 0 Å². The van der Waals surface area contributed by atoms with Gasteiger partial charge in [0.2, 0.25) is 5.91 Å². The van der Waals surface area contributed by atoms with Gasteiger partial charge < -0.3 is 20.1 Å². The summed E-state index contributed by atoms with van der Waals surface area (Å²) >= 11 is 5.00. The third-order valence-electron chi connectivity index (χ3n) is 4.46. The van der Waals surface area contributed by atoms with Crippen LogP contribution >= 0.6 is 27.7 Å². The Bertz CT molecular complexity index is 967. The molecule has 30 heavy (non-hydrogen) atoms. The van der Waals surface area contributed by atoms with E-state index in [0.29, 0.717) is 36.0 Å². The highest BCUT2D eigenvalue weighted by Crippen LogP contribution is 2.40. The van der Waals surface area contributed by atoms with Crippen LogP contribution in [0.1, 0.15) is 16.1 Å². The van der Waals surface area contributed by atoms with Gasteiger partial charge in [0.1, 0.15) is 28.9 Å². The van der Waals surface area contributed by atoms with Crippen molar-refractivity contribution in [2.75, 3.05) is 26.5 Å². The lowest BCUT2D eigenvalue weighted by atomic mass is 10.1. The van der Waals surface area contributed by atoms with Crippen LogP contribution in [0.15, 0.2) is 52.2 Å². The number of amides is 2. The zero-order valence-corrected chi connectivity index (χ0v) is 19.0. The van der Waals surface area contributed by atoms with Crippen LogP contribution in [0.3, 0.4) is 0 Å². The molecule has 1 atom stereocenters. The number of carbonyl (C=O) groups is 2. The van der Waals surface area contributed by atoms with Gasteiger partial charge in [-0.25, -0.2) is 0 Å². The summed E-state index contributed by atoms with van der Waals surface area (Å²) in [6, 6.07) is 10.9. The molecule has 3 rings (SSSR count). The number of rotatable bonds is 8. The zero-order chi connectivity index (χ0) is 21.5. The Hall–Kier alpha value is -2.52. The lowest BCUT2D eigenvalue weighted by molar-refractivity contribution is -0.124. The number of benzene rings is 1. The minimum Gasteiger partial charge on any atom is -0.498 e. The summed E-state index contributed by atoms with van der Waals surface area (Å²) in [5.41, 5.74) is 1.31. The number of nitrogens with zero attached hydrogens (tertiary/aromatic N) is 1. The smallest absolute Gasteiger partial charge is 0.269 e. The van der Waals surface area contributed by atoms with E-state index in [4.69, 9.17) is 9.47 Å². The number of pyridine rings is 1. The number of nitrogens with one attached hydrogen (secondary N) is 2. The first-order chi connectivity index (χ1) is 14.5. The van der Waals surface area contributed by atoms with Crippen LogP contribution in [-0.2, 0) is 16.0 Å². The molecule has 0 saturated heterocycles. The Kier molecular flexibility index (Phi) is 7.75. The number of hydrogen-bond acceptors (Lipinski definition) is 6. The van der Waals surface area contributed by atoms with E-state index in [9.17, 15) is 9.59 Å². The minimum atomic E-state index is -0.274. The number of halogens is 1. The Morgan fingerprint density at radius 1 is 1.27 bits per heavy atom. The van der Waals surface area contributed by atoms with Crippen LogP contribution in [0.2, 0.25) is 0 Å². The fourth-order valence-corrected chi connectivity index (χ4v) is 4.76. The molecule has 1 aromatic heterocycles. The molecular formula is C21H22BrN3O4S. The molecule has 7 nitrogen and oxygen atoms in total. The maximum absolute atomic E-state index is 12.4. The summed E-state index contributed by atoms with van der Waals surface area (Å²) in [6.07, 6.45) is 2.19. The molecular weight excluding hydrogens is 470 g/mol. The number of carbonyl (C=O) groups excluding carboxylic acids is 2. The van der Waals surface area contributed by atoms with Gasteiger partial charge in [0.05, 0.1) is 10.9 Å². The van der Waals surface area contributed by atoms with E-state index in [2.05, 4.69) is 31.5 Å². The molecule has 2 amide bonds. The van der Waals surface area contributed by atoms with Crippen molar-refractivity contribution in [3.63, 3.8) is 0 Å². The summed E-state index contributed by atoms with van der Waals surface area (Å²) < 4.78 is 12.1. The Morgan fingerprint density at radius 3 is 2.83 bits per heavy atom. The van der Waals surface area contributed by atoms with E-state index in [1.165, 1.54) is 6.20 Å². The van der Waals surface area contributed by atoms with Gasteiger partial charge in [-0.15, -0.1) is 11.8 Å². The van der Waals surface area contributed by atoms with E-state index in [1.54, 1.807) is 38.1 Å². The first-order valence-electron chi connectivity index (χ1n) is 9.31. The number of thioether (sulfide) groups is 1. The molecule has 1 aliphatic rings. The van der Waals surface area contributed by atoms with E-state index in [1.807, 2.05) is 24.3 Å². The monoisotopic (exact) mass is 491 g/mol. The number of ether oxygens (including phenoxy) is 2. The Labute approximate surface area is 187 Å². The van der Waals surface area contributed by atoms with Gasteiger partial charge in [0.25, 0.3) is 5.91 Å². The van der Waals surface area contributed by atoms with Crippen LogP contribution in [-0.4, -0.2) is 43.3 Å². The fraction of sp³-hybridized carbons (Fsp3) is 0.286. The molecule has 1 aliphatic heterocycles. The van der Waals surface area contributed by atoms with Crippen molar-refractivity contribution < 1.29 is 19.1 Å². The number of aromatic nitrogens is 1. The second kappa shape index (κ2) is 10.5. The van der Waals surface area contributed by atoms with Crippen LogP contribution in [0.25, 0.3) is 0 Å². The zero-order valence-electron chi connectivity index (χ0n) is 16.6. The average molecular weight is 492 g/mol. The van der Waals surface area contributed by atoms with E-state index >= 15 is 0 Å². The SMILES string of the molecule is CNC(=O)c1cc(Oc2cccc(CCNC(=O)C3CSC(Br)=C3OC)c2)ccn1. The van der Waals surface area contributed by atoms with Gasteiger partial charge in [0.15, 0.2) is 0 Å².